The lowest BCUT2D eigenvalue weighted by Gasteiger charge is -2.33. The number of nitrogens with zero attached hydrogens (tertiary/aromatic N) is 2. The molecule has 0 saturated carbocycles. The van der Waals surface area contributed by atoms with E-state index in [0.29, 0.717) is 23.9 Å². The van der Waals surface area contributed by atoms with Gasteiger partial charge in [-0.1, -0.05) is 6.07 Å². The second kappa shape index (κ2) is 7.49. The van der Waals surface area contributed by atoms with Crippen LogP contribution in [-0.2, 0) is 11.3 Å². The van der Waals surface area contributed by atoms with Crippen molar-refractivity contribution in [2.75, 3.05) is 25.1 Å². The first-order valence-corrected chi connectivity index (χ1v) is 8.24. The minimum absolute atomic E-state index is 0.355. The lowest BCUT2D eigenvalue weighted by Crippen LogP contribution is -2.42. The van der Waals surface area contributed by atoms with Gasteiger partial charge in [0.05, 0.1) is 13.7 Å². The van der Waals surface area contributed by atoms with Crippen LogP contribution in [0, 0.1) is 6.92 Å². The summed E-state index contributed by atoms with van der Waals surface area (Å²) in [7, 11) is 1.38. The lowest BCUT2D eigenvalue weighted by molar-refractivity contribution is 0.0599. The molecular weight excluding hydrogens is 306 g/mol. The number of aryl methyl sites for hydroxylation is 1. The third kappa shape index (κ3) is 3.76. The van der Waals surface area contributed by atoms with Crippen LogP contribution < -0.4 is 10.2 Å². The van der Waals surface area contributed by atoms with E-state index in [9.17, 15) is 4.79 Å². The number of carbonyl (C=O) groups excluding carboxylic acids is 1. The molecule has 0 atom stereocenters. The van der Waals surface area contributed by atoms with E-state index >= 15 is 0 Å². The monoisotopic (exact) mass is 329 g/mol. The Labute approximate surface area is 141 Å². The fourth-order valence-electron chi connectivity index (χ4n) is 3.04. The van der Waals surface area contributed by atoms with Gasteiger partial charge in [0.15, 0.2) is 0 Å². The molecule has 3 heterocycles. The third-order valence-corrected chi connectivity index (χ3v) is 4.41. The number of anilines is 1. The van der Waals surface area contributed by atoms with Crippen LogP contribution in [0.2, 0.25) is 0 Å². The van der Waals surface area contributed by atoms with Gasteiger partial charge in [-0.2, -0.15) is 0 Å². The number of esters is 1. The first kappa shape index (κ1) is 16.5. The van der Waals surface area contributed by atoms with E-state index in [1.807, 2.05) is 24.4 Å². The molecule has 1 saturated heterocycles. The molecule has 6 heteroatoms. The van der Waals surface area contributed by atoms with Crippen molar-refractivity contribution in [3.8, 4) is 0 Å². The Morgan fingerprint density at radius 2 is 2.21 bits per heavy atom. The second-order valence-electron chi connectivity index (χ2n) is 6.00. The van der Waals surface area contributed by atoms with Gasteiger partial charge in [0.25, 0.3) is 0 Å². The Hall–Kier alpha value is -2.34. The molecule has 1 fully saturated rings. The molecule has 2 aromatic heterocycles. The summed E-state index contributed by atoms with van der Waals surface area (Å²) < 4.78 is 10.4. The zero-order chi connectivity index (χ0) is 16.9. The minimum Gasteiger partial charge on any atom is -0.465 e. The highest BCUT2D eigenvalue weighted by Crippen LogP contribution is 2.19. The van der Waals surface area contributed by atoms with Crippen LogP contribution >= 0.6 is 0 Å². The summed E-state index contributed by atoms with van der Waals surface area (Å²) in [5.74, 6) is 2.05. The van der Waals surface area contributed by atoms with Gasteiger partial charge in [-0.05, 0) is 38.0 Å². The van der Waals surface area contributed by atoms with Gasteiger partial charge in [0.1, 0.15) is 22.9 Å². The van der Waals surface area contributed by atoms with Crippen LogP contribution in [0.3, 0.4) is 0 Å². The standard InChI is InChI=1S/C18H23N3O3/c1-13-16(18(22)23-2)11-15(24-13)12-20-14-6-9-21(10-7-14)17-5-3-4-8-19-17/h3-5,8,11,14,20H,6-7,9-10,12H2,1-2H3. The van der Waals surface area contributed by atoms with E-state index < -0.39 is 0 Å². The number of ether oxygens (including phenoxy) is 1. The van der Waals surface area contributed by atoms with Crippen LogP contribution in [0.25, 0.3) is 0 Å². The molecule has 0 spiro atoms. The number of hydrogen-bond acceptors (Lipinski definition) is 6. The fraction of sp³-hybridized carbons (Fsp3) is 0.444. The molecule has 6 nitrogen and oxygen atoms in total. The van der Waals surface area contributed by atoms with Gasteiger partial charge < -0.3 is 19.4 Å². The Morgan fingerprint density at radius 3 is 2.88 bits per heavy atom. The molecule has 0 unspecified atom stereocenters. The van der Waals surface area contributed by atoms with E-state index in [2.05, 4.69) is 15.2 Å². The van der Waals surface area contributed by atoms with Crippen LogP contribution in [0.5, 0.6) is 0 Å². The number of furan rings is 1. The van der Waals surface area contributed by atoms with E-state index in [4.69, 9.17) is 9.15 Å². The highest BCUT2D eigenvalue weighted by molar-refractivity contribution is 5.90. The minimum atomic E-state index is -0.355. The van der Waals surface area contributed by atoms with Gasteiger partial charge in [-0.15, -0.1) is 0 Å². The van der Waals surface area contributed by atoms with E-state index in [1.165, 1.54) is 7.11 Å². The second-order valence-corrected chi connectivity index (χ2v) is 6.00. The van der Waals surface area contributed by atoms with Gasteiger partial charge in [0, 0.05) is 25.3 Å². The molecule has 3 rings (SSSR count). The molecule has 0 aliphatic carbocycles. The summed E-state index contributed by atoms with van der Waals surface area (Å²) >= 11 is 0. The number of carbonyl (C=O) groups is 1. The molecule has 2 aromatic rings. The van der Waals surface area contributed by atoms with Crippen LogP contribution in [0.4, 0.5) is 5.82 Å². The largest absolute Gasteiger partial charge is 0.465 e. The maximum Gasteiger partial charge on any atom is 0.341 e. The quantitative estimate of drug-likeness (QED) is 0.850. The Kier molecular flexibility index (Phi) is 5.15. The van der Waals surface area contributed by atoms with Crippen molar-refractivity contribution in [1.82, 2.24) is 10.3 Å². The summed E-state index contributed by atoms with van der Waals surface area (Å²) in [5, 5.41) is 3.51. The fourth-order valence-corrected chi connectivity index (χ4v) is 3.04. The van der Waals surface area contributed by atoms with Crippen molar-refractivity contribution in [3.63, 3.8) is 0 Å². The maximum absolute atomic E-state index is 11.6. The molecule has 0 amide bonds. The van der Waals surface area contributed by atoms with Crippen molar-refractivity contribution >= 4 is 11.8 Å². The Bertz CT molecular complexity index is 676. The van der Waals surface area contributed by atoms with Crippen molar-refractivity contribution in [2.45, 2.75) is 32.4 Å². The Balaban J connectivity index is 1.49. The Morgan fingerprint density at radius 1 is 1.42 bits per heavy atom. The predicted octanol–water partition coefficient (Wildman–Crippen LogP) is 2.53. The van der Waals surface area contributed by atoms with Crippen LogP contribution in [0.1, 0.15) is 34.7 Å². The molecule has 0 aromatic carbocycles. The SMILES string of the molecule is COC(=O)c1cc(CNC2CCN(c3ccccn3)CC2)oc1C. The van der Waals surface area contributed by atoms with E-state index in [0.717, 1.165) is 37.5 Å². The van der Waals surface area contributed by atoms with Gasteiger partial charge >= 0.3 is 5.97 Å². The van der Waals surface area contributed by atoms with Crippen molar-refractivity contribution in [3.05, 3.63) is 47.5 Å². The van der Waals surface area contributed by atoms with Crippen LogP contribution in [-0.4, -0.2) is 37.2 Å². The maximum atomic E-state index is 11.6. The predicted molar refractivity (Wildman–Crippen MR) is 91.1 cm³/mol. The van der Waals surface area contributed by atoms with Crippen LogP contribution in [0.15, 0.2) is 34.9 Å². The number of aromatic nitrogens is 1. The molecule has 0 bridgehead atoms. The number of methoxy groups -OCH3 is 1. The average Bonchev–Trinajstić information content (AvgIpc) is 3.01. The number of piperidine rings is 1. The highest BCUT2D eigenvalue weighted by Gasteiger charge is 2.21. The van der Waals surface area contributed by atoms with Crippen molar-refractivity contribution in [1.29, 1.82) is 0 Å². The first-order valence-electron chi connectivity index (χ1n) is 8.24. The normalized spacial score (nSPS) is 15.5. The topological polar surface area (TPSA) is 67.6 Å². The lowest BCUT2D eigenvalue weighted by atomic mass is 10.0. The summed E-state index contributed by atoms with van der Waals surface area (Å²) in [4.78, 5) is 18.3. The number of rotatable bonds is 5. The van der Waals surface area contributed by atoms with Crippen molar-refractivity contribution in [2.24, 2.45) is 0 Å². The third-order valence-electron chi connectivity index (χ3n) is 4.41. The smallest absolute Gasteiger partial charge is 0.341 e. The van der Waals surface area contributed by atoms with Crippen molar-refractivity contribution < 1.29 is 13.9 Å². The van der Waals surface area contributed by atoms with E-state index in [-0.39, 0.29) is 5.97 Å². The first-order chi connectivity index (χ1) is 11.7. The molecule has 128 valence electrons. The molecule has 0 radical (unpaired) electrons. The molecule has 1 aliphatic rings. The van der Waals surface area contributed by atoms with Gasteiger partial charge in [-0.25, -0.2) is 9.78 Å². The van der Waals surface area contributed by atoms with Gasteiger partial charge in [0.2, 0.25) is 0 Å². The average molecular weight is 329 g/mol. The zero-order valence-corrected chi connectivity index (χ0v) is 14.1. The summed E-state index contributed by atoms with van der Waals surface area (Å²) in [6, 6.07) is 8.21. The number of pyridine rings is 1. The molecule has 1 N–H and O–H groups in total. The highest BCUT2D eigenvalue weighted by atomic mass is 16.5. The summed E-state index contributed by atoms with van der Waals surface area (Å²) in [6.45, 7) is 4.37. The summed E-state index contributed by atoms with van der Waals surface area (Å²) in [6.07, 6.45) is 3.94. The zero-order valence-electron chi connectivity index (χ0n) is 14.1. The van der Waals surface area contributed by atoms with Gasteiger partial charge in [-0.3, -0.25) is 0 Å². The number of nitrogens with one attached hydrogen (secondary N) is 1. The molecule has 24 heavy (non-hydrogen) atoms. The summed E-state index contributed by atoms with van der Waals surface area (Å²) in [5.41, 5.74) is 0.499. The number of hydrogen-bond donors (Lipinski definition) is 1. The molecule has 1 aliphatic heterocycles. The molecular formula is C18H23N3O3. The van der Waals surface area contributed by atoms with E-state index in [1.54, 1.807) is 13.0 Å².